The maximum atomic E-state index is 11.4. The van der Waals surface area contributed by atoms with Crippen molar-refractivity contribution in [2.75, 3.05) is 6.26 Å². The van der Waals surface area contributed by atoms with Gasteiger partial charge in [0.25, 0.3) is 0 Å². The van der Waals surface area contributed by atoms with Crippen LogP contribution in [0.15, 0.2) is 41.4 Å². The second-order valence-electron chi connectivity index (χ2n) is 4.05. The van der Waals surface area contributed by atoms with Gasteiger partial charge in [0, 0.05) is 22.3 Å². The summed E-state index contributed by atoms with van der Waals surface area (Å²) < 4.78 is 1.53. The number of carboxylic acid groups (broad SMARTS) is 1. The van der Waals surface area contributed by atoms with Crippen LogP contribution in [0.3, 0.4) is 0 Å². The number of ketones is 1. The number of aromatic nitrogens is 1. The normalized spacial score (nSPS) is 10.4. The van der Waals surface area contributed by atoms with Crippen molar-refractivity contribution in [1.82, 2.24) is 4.57 Å². The molecule has 1 aromatic heterocycles. The van der Waals surface area contributed by atoms with Gasteiger partial charge < -0.3 is 9.67 Å². The number of carbonyl (C=O) groups is 2. The monoisotopic (exact) mass is 275 g/mol. The van der Waals surface area contributed by atoms with Gasteiger partial charge in [0.1, 0.15) is 5.69 Å². The van der Waals surface area contributed by atoms with Gasteiger partial charge in [-0.05, 0) is 37.4 Å². The average Bonchev–Trinajstić information content (AvgIpc) is 2.84. The minimum atomic E-state index is -1.05. The van der Waals surface area contributed by atoms with E-state index in [1.54, 1.807) is 18.0 Å². The van der Waals surface area contributed by atoms with Crippen molar-refractivity contribution in [3.05, 3.63) is 47.8 Å². The highest BCUT2D eigenvalue weighted by Gasteiger charge is 2.15. The molecule has 19 heavy (non-hydrogen) atoms. The van der Waals surface area contributed by atoms with Crippen LogP contribution in [0.5, 0.6) is 0 Å². The number of Topliss-reactive ketones (excluding diaryl/α,β-unsaturated/α-hetero) is 1. The smallest absolute Gasteiger partial charge is 0.352 e. The Labute approximate surface area is 115 Å². The zero-order valence-electron chi connectivity index (χ0n) is 10.6. The lowest BCUT2D eigenvalue weighted by Crippen LogP contribution is -2.05. The highest BCUT2D eigenvalue weighted by atomic mass is 32.2. The summed E-state index contributed by atoms with van der Waals surface area (Å²) in [5.74, 6) is -1.20. The fourth-order valence-electron chi connectivity index (χ4n) is 1.79. The fourth-order valence-corrected chi connectivity index (χ4v) is 2.25. The summed E-state index contributed by atoms with van der Waals surface area (Å²) >= 11 is 1.58. The summed E-state index contributed by atoms with van der Waals surface area (Å²) in [5.41, 5.74) is 1.21. The molecule has 0 saturated carbocycles. The van der Waals surface area contributed by atoms with E-state index in [2.05, 4.69) is 0 Å². The topological polar surface area (TPSA) is 59.3 Å². The zero-order valence-corrected chi connectivity index (χ0v) is 11.4. The standard InChI is InChI=1S/C14H13NO3S/c1-9(16)10-6-13(14(17)18)15(8-10)11-4-3-5-12(7-11)19-2/h3-8H,1-2H3,(H,17,18). The van der Waals surface area contributed by atoms with E-state index in [1.165, 1.54) is 17.6 Å². The third kappa shape index (κ3) is 2.71. The molecular formula is C14H13NO3S. The highest BCUT2D eigenvalue weighted by Crippen LogP contribution is 2.21. The van der Waals surface area contributed by atoms with Crippen LogP contribution in [0.4, 0.5) is 0 Å². The first-order valence-electron chi connectivity index (χ1n) is 5.64. The molecule has 0 unspecified atom stereocenters. The number of nitrogens with zero attached hydrogens (tertiary/aromatic N) is 1. The summed E-state index contributed by atoms with van der Waals surface area (Å²) in [6.45, 7) is 1.42. The molecular weight excluding hydrogens is 262 g/mol. The van der Waals surface area contributed by atoms with Crippen LogP contribution in [0.2, 0.25) is 0 Å². The van der Waals surface area contributed by atoms with Gasteiger partial charge in [-0.15, -0.1) is 11.8 Å². The number of rotatable bonds is 4. The highest BCUT2D eigenvalue weighted by molar-refractivity contribution is 7.98. The second kappa shape index (κ2) is 5.32. The van der Waals surface area contributed by atoms with Gasteiger partial charge in [-0.1, -0.05) is 6.07 Å². The van der Waals surface area contributed by atoms with Gasteiger partial charge in [0.15, 0.2) is 5.78 Å². The molecule has 0 spiro atoms. The first-order valence-corrected chi connectivity index (χ1v) is 6.86. The van der Waals surface area contributed by atoms with Crippen LogP contribution in [0.25, 0.3) is 5.69 Å². The molecule has 0 aliphatic heterocycles. The SMILES string of the molecule is CSc1cccc(-n2cc(C(C)=O)cc2C(=O)O)c1. The zero-order chi connectivity index (χ0) is 14.0. The van der Waals surface area contributed by atoms with Gasteiger partial charge in [0.2, 0.25) is 0 Å². The van der Waals surface area contributed by atoms with Gasteiger partial charge in [0.05, 0.1) is 0 Å². The van der Waals surface area contributed by atoms with E-state index in [9.17, 15) is 14.7 Å². The maximum Gasteiger partial charge on any atom is 0.352 e. The molecule has 0 radical (unpaired) electrons. The predicted octanol–water partition coefficient (Wildman–Crippen LogP) is 3.10. The Balaban J connectivity index is 2.59. The molecule has 5 heteroatoms. The first kappa shape index (κ1) is 13.4. The van der Waals surface area contributed by atoms with Crippen LogP contribution < -0.4 is 0 Å². The van der Waals surface area contributed by atoms with Gasteiger partial charge in [-0.3, -0.25) is 4.79 Å². The lowest BCUT2D eigenvalue weighted by atomic mass is 10.2. The molecule has 1 aromatic carbocycles. The Morgan fingerprint density at radius 1 is 1.26 bits per heavy atom. The molecule has 0 atom stereocenters. The summed E-state index contributed by atoms with van der Waals surface area (Å²) in [6.07, 6.45) is 3.51. The summed E-state index contributed by atoms with van der Waals surface area (Å²) in [7, 11) is 0. The van der Waals surface area contributed by atoms with Crippen molar-refractivity contribution in [2.24, 2.45) is 0 Å². The van der Waals surface area contributed by atoms with Crippen molar-refractivity contribution in [1.29, 1.82) is 0 Å². The Kier molecular flexibility index (Phi) is 3.76. The molecule has 1 heterocycles. The van der Waals surface area contributed by atoms with E-state index in [-0.39, 0.29) is 11.5 Å². The van der Waals surface area contributed by atoms with E-state index < -0.39 is 5.97 Å². The number of carboxylic acids is 1. The number of thioether (sulfide) groups is 1. The molecule has 1 N–H and O–H groups in total. The average molecular weight is 275 g/mol. The minimum Gasteiger partial charge on any atom is -0.477 e. The van der Waals surface area contributed by atoms with E-state index >= 15 is 0 Å². The summed E-state index contributed by atoms with van der Waals surface area (Å²) in [5, 5.41) is 9.21. The van der Waals surface area contributed by atoms with E-state index in [0.717, 1.165) is 10.6 Å². The number of benzene rings is 1. The van der Waals surface area contributed by atoms with Crippen molar-refractivity contribution in [2.45, 2.75) is 11.8 Å². The third-order valence-electron chi connectivity index (χ3n) is 2.78. The van der Waals surface area contributed by atoms with Gasteiger partial charge in [-0.25, -0.2) is 4.79 Å². The lowest BCUT2D eigenvalue weighted by molar-refractivity contribution is 0.0688. The van der Waals surface area contributed by atoms with E-state index in [4.69, 9.17) is 0 Å². The van der Waals surface area contributed by atoms with Crippen molar-refractivity contribution in [3.8, 4) is 5.69 Å². The van der Waals surface area contributed by atoms with Crippen LogP contribution in [-0.4, -0.2) is 27.7 Å². The molecule has 4 nitrogen and oxygen atoms in total. The molecule has 0 aliphatic rings. The van der Waals surface area contributed by atoms with Crippen molar-refractivity contribution < 1.29 is 14.7 Å². The quantitative estimate of drug-likeness (QED) is 0.688. The van der Waals surface area contributed by atoms with Crippen molar-refractivity contribution in [3.63, 3.8) is 0 Å². The molecule has 2 rings (SSSR count). The minimum absolute atomic E-state index is 0.0865. The van der Waals surface area contributed by atoms with Crippen LogP contribution in [0, 0.1) is 0 Å². The number of aromatic carboxylic acids is 1. The predicted molar refractivity (Wildman–Crippen MR) is 74.5 cm³/mol. The largest absolute Gasteiger partial charge is 0.477 e. The molecule has 0 aliphatic carbocycles. The molecule has 0 saturated heterocycles. The Hall–Kier alpha value is -2.01. The first-order chi connectivity index (χ1) is 9.02. The summed E-state index contributed by atoms with van der Waals surface area (Å²) in [6, 6.07) is 8.91. The third-order valence-corrected chi connectivity index (χ3v) is 3.50. The fraction of sp³-hybridized carbons (Fsp3) is 0.143. The lowest BCUT2D eigenvalue weighted by Gasteiger charge is -2.07. The molecule has 0 fully saturated rings. The number of hydrogen-bond donors (Lipinski definition) is 1. The number of carbonyl (C=O) groups excluding carboxylic acids is 1. The molecule has 0 amide bonds. The molecule has 2 aromatic rings. The molecule has 98 valence electrons. The van der Waals surface area contributed by atoms with E-state index in [1.807, 2.05) is 30.5 Å². The molecule has 0 bridgehead atoms. The van der Waals surface area contributed by atoms with Crippen LogP contribution in [-0.2, 0) is 0 Å². The maximum absolute atomic E-state index is 11.4. The van der Waals surface area contributed by atoms with Gasteiger partial charge >= 0.3 is 5.97 Å². The second-order valence-corrected chi connectivity index (χ2v) is 4.93. The van der Waals surface area contributed by atoms with Gasteiger partial charge in [-0.2, -0.15) is 0 Å². The Morgan fingerprint density at radius 2 is 2.00 bits per heavy atom. The Morgan fingerprint density at radius 3 is 2.58 bits per heavy atom. The van der Waals surface area contributed by atoms with Crippen molar-refractivity contribution >= 4 is 23.5 Å². The van der Waals surface area contributed by atoms with E-state index in [0.29, 0.717) is 5.56 Å². The number of hydrogen-bond acceptors (Lipinski definition) is 3. The van der Waals surface area contributed by atoms with Crippen LogP contribution >= 0.6 is 11.8 Å². The van der Waals surface area contributed by atoms with Crippen LogP contribution in [0.1, 0.15) is 27.8 Å². The summed E-state index contributed by atoms with van der Waals surface area (Å²) in [4.78, 5) is 23.7. The Bertz CT molecular complexity index is 646.